The van der Waals surface area contributed by atoms with Gasteiger partial charge in [-0.25, -0.2) is 4.39 Å². The first-order valence-electron chi connectivity index (χ1n) is 6.76. The molecule has 0 saturated carbocycles. The Balaban J connectivity index is 2.28. The lowest BCUT2D eigenvalue weighted by molar-refractivity contribution is -0.139. The van der Waals surface area contributed by atoms with Crippen LogP contribution in [0.3, 0.4) is 0 Å². The molecule has 0 radical (unpaired) electrons. The number of halogens is 4. The summed E-state index contributed by atoms with van der Waals surface area (Å²) in [6.45, 7) is 0. The molecule has 0 aliphatic carbocycles. The van der Waals surface area contributed by atoms with Gasteiger partial charge in [0.15, 0.2) is 6.29 Å². The van der Waals surface area contributed by atoms with Crippen LogP contribution in [-0.4, -0.2) is 6.29 Å². The molecule has 23 heavy (non-hydrogen) atoms. The van der Waals surface area contributed by atoms with Crippen molar-refractivity contribution in [2.24, 2.45) is 0 Å². The quantitative estimate of drug-likeness (QED) is 0.452. The van der Waals surface area contributed by atoms with Gasteiger partial charge in [-0.2, -0.15) is 13.2 Å². The molecule has 1 nitrogen and oxygen atoms in total. The number of carbonyl (C=O) groups excluding carboxylic acids is 1. The number of aldehydes is 1. The van der Waals surface area contributed by atoms with Gasteiger partial charge in [0.25, 0.3) is 0 Å². The normalized spacial score (nSPS) is 11.7. The second-order valence-electron chi connectivity index (χ2n) is 5.06. The zero-order valence-corrected chi connectivity index (χ0v) is 11.7. The number of hydrogen-bond acceptors (Lipinski definition) is 1. The maximum atomic E-state index is 13.4. The van der Waals surface area contributed by atoms with Gasteiger partial charge in [0.1, 0.15) is 5.82 Å². The number of carbonyl (C=O) groups is 1. The Bertz CT molecular complexity index is 897. The summed E-state index contributed by atoms with van der Waals surface area (Å²) < 4.78 is 52.1. The minimum atomic E-state index is -4.77. The third-order valence-electron chi connectivity index (χ3n) is 3.67. The van der Waals surface area contributed by atoms with Crippen LogP contribution in [0.1, 0.15) is 15.9 Å². The number of rotatable bonds is 2. The van der Waals surface area contributed by atoms with Crippen molar-refractivity contribution in [1.82, 2.24) is 0 Å². The lowest BCUT2D eigenvalue weighted by Gasteiger charge is -2.12. The largest absolute Gasteiger partial charge is 0.419 e. The number of hydrogen-bond donors (Lipinski definition) is 0. The van der Waals surface area contributed by atoms with Gasteiger partial charge in [-0.3, -0.25) is 4.79 Å². The zero-order chi connectivity index (χ0) is 16.6. The average molecular weight is 318 g/mol. The molecule has 3 aromatic rings. The standard InChI is InChI=1S/C18H10F4O/c19-17-8-6-11(9-16(17)18(20,21)22)14-7-5-12(10-23)13-3-1-2-4-15(13)14/h1-10H. The summed E-state index contributed by atoms with van der Waals surface area (Å²) in [4.78, 5) is 11.1. The van der Waals surface area contributed by atoms with Crippen LogP contribution in [-0.2, 0) is 6.18 Å². The summed E-state index contributed by atoms with van der Waals surface area (Å²) in [6, 6.07) is 12.9. The van der Waals surface area contributed by atoms with Crippen molar-refractivity contribution >= 4 is 17.1 Å². The van der Waals surface area contributed by atoms with Crippen molar-refractivity contribution in [1.29, 1.82) is 0 Å². The molecule has 0 saturated heterocycles. The molecule has 0 aliphatic rings. The summed E-state index contributed by atoms with van der Waals surface area (Å²) in [5, 5.41) is 1.27. The molecule has 0 amide bonds. The number of benzene rings is 3. The monoisotopic (exact) mass is 318 g/mol. The molecule has 3 rings (SSSR count). The Labute approximate surface area is 129 Å². The molecule has 0 bridgehead atoms. The van der Waals surface area contributed by atoms with Crippen molar-refractivity contribution < 1.29 is 22.4 Å². The fourth-order valence-corrected chi connectivity index (χ4v) is 2.59. The second kappa shape index (κ2) is 5.50. The summed E-state index contributed by atoms with van der Waals surface area (Å²) >= 11 is 0. The van der Waals surface area contributed by atoms with E-state index in [0.29, 0.717) is 28.2 Å². The molecular weight excluding hydrogens is 308 g/mol. The second-order valence-corrected chi connectivity index (χ2v) is 5.06. The van der Waals surface area contributed by atoms with Gasteiger partial charge in [0, 0.05) is 5.56 Å². The minimum Gasteiger partial charge on any atom is -0.298 e. The van der Waals surface area contributed by atoms with Crippen LogP contribution in [0.2, 0.25) is 0 Å². The summed E-state index contributed by atoms with van der Waals surface area (Å²) in [7, 11) is 0. The molecular formula is C18H10F4O. The van der Waals surface area contributed by atoms with E-state index in [0.717, 1.165) is 12.1 Å². The van der Waals surface area contributed by atoms with E-state index in [9.17, 15) is 22.4 Å². The van der Waals surface area contributed by atoms with Crippen LogP contribution in [0.25, 0.3) is 21.9 Å². The van der Waals surface area contributed by atoms with Gasteiger partial charge in [0.05, 0.1) is 5.56 Å². The lowest BCUT2D eigenvalue weighted by atomic mass is 9.94. The highest BCUT2D eigenvalue weighted by molar-refractivity contribution is 6.05. The van der Waals surface area contributed by atoms with E-state index in [2.05, 4.69) is 0 Å². The van der Waals surface area contributed by atoms with E-state index in [1.807, 2.05) is 0 Å². The van der Waals surface area contributed by atoms with Gasteiger partial charge in [0.2, 0.25) is 0 Å². The van der Waals surface area contributed by atoms with Crippen LogP contribution in [0.15, 0.2) is 54.6 Å². The highest BCUT2D eigenvalue weighted by atomic mass is 19.4. The fourth-order valence-electron chi connectivity index (χ4n) is 2.59. The van der Waals surface area contributed by atoms with E-state index < -0.39 is 17.6 Å². The van der Waals surface area contributed by atoms with Crippen LogP contribution in [0, 0.1) is 5.82 Å². The van der Waals surface area contributed by atoms with Gasteiger partial charge in [-0.1, -0.05) is 42.5 Å². The van der Waals surface area contributed by atoms with Crippen molar-refractivity contribution in [3.05, 3.63) is 71.5 Å². The minimum absolute atomic E-state index is 0.243. The molecule has 0 heterocycles. The lowest BCUT2D eigenvalue weighted by Crippen LogP contribution is -2.08. The van der Waals surface area contributed by atoms with E-state index >= 15 is 0 Å². The molecule has 0 aliphatic heterocycles. The average Bonchev–Trinajstić information content (AvgIpc) is 2.53. The maximum Gasteiger partial charge on any atom is 0.419 e. The summed E-state index contributed by atoms with van der Waals surface area (Å²) in [5.74, 6) is -1.31. The fraction of sp³-hybridized carbons (Fsp3) is 0.0556. The van der Waals surface area contributed by atoms with Gasteiger partial charge >= 0.3 is 6.18 Å². The molecule has 116 valence electrons. The number of alkyl halides is 3. The van der Waals surface area contributed by atoms with Crippen molar-refractivity contribution in [3.63, 3.8) is 0 Å². The molecule has 0 unspecified atom stereocenters. The van der Waals surface area contributed by atoms with Crippen LogP contribution < -0.4 is 0 Å². The van der Waals surface area contributed by atoms with E-state index in [1.54, 1.807) is 36.4 Å². The third kappa shape index (κ3) is 2.70. The molecule has 0 spiro atoms. The molecule has 0 N–H and O–H groups in total. The topological polar surface area (TPSA) is 17.1 Å². The van der Waals surface area contributed by atoms with E-state index in [-0.39, 0.29) is 5.56 Å². The summed E-state index contributed by atoms with van der Waals surface area (Å²) in [6.07, 6.45) is -4.07. The van der Waals surface area contributed by atoms with E-state index in [1.165, 1.54) is 6.07 Å². The highest BCUT2D eigenvalue weighted by Crippen LogP contribution is 2.36. The first-order chi connectivity index (χ1) is 10.9. The molecule has 3 aromatic carbocycles. The van der Waals surface area contributed by atoms with Crippen LogP contribution in [0.5, 0.6) is 0 Å². The van der Waals surface area contributed by atoms with E-state index in [4.69, 9.17) is 0 Å². The van der Waals surface area contributed by atoms with Gasteiger partial charge in [-0.15, -0.1) is 0 Å². The molecule has 0 fully saturated rings. The zero-order valence-electron chi connectivity index (χ0n) is 11.7. The Kier molecular flexibility index (Phi) is 3.64. The summed E-state index contributed by atoms with van der Waals surface area (Å²) in [5.41, 5.74) is -0.106. The van der Waals surface area contributed by atoms with Crippen LogP contribution in [0.4, 0.5) is 17.6 Å². The Hall–Kier alpha value is -2.69. The molecule has 0 atom stereocenters. The predicted octanol–water partition coefficient (Wildman–Crippen LogP) is 5.48. The van der Waals surface area contributed by atoms with Gasteiger partial charge < -0.3 is 0 Å². The first-order valence-corrected chi connectivity index (χ1v) is 6.76. The Morgan fingerprint density at radius 2 is 1.57 bits per heavy atom. The van der Waals surface area contributed by atoms with Crippen LogP contribution >= 0.6 is 0 Å². The van der Waals surface area contributed by atoms with Crippen molar-refractivity contribution in [2.45, 2.75) is 6.18 Å². The Morgan fingerprint density at radius 1 is 0.870 bits per heavy atom. The van der Waals surface area contributed by atoms with Gasteiger partial charge in [-0.05, 0) is 34.0 Å². The predicted molar refractivity (Wildman–Crippen MR) is 79.7 cm³/mol. The first kappa shape index (κ1) is 15.2. The maximum absolute atomic E-state index is 13.4. The third-order valence-corrected chi connectivity index (χ3v) is 3.67. The Morgan fingerprint density at radius 3 is 2.22 bits per heavy atom. The molecule has 0 aromatic heterocycles. The number of fused-ring (bicyclic) bond motifs is 1. The molecule has 5 heteroatoms. The van der Waals surface area contributed by atoms with Crippen molar-refractivity contribution in [2.75, 3.05) is 0 Å². The van der Waals surface area contributed by atoms with Crippen molar-refractivity contribution in [3.8, 4) is 11.1 Å². The highest BCUT2D eigenvalue weighted by Gasteiger charge is 2.34. The SMILES string of the molecule is O=Cc1ccc(-c2ccc(F)c(C(F)(F)F)c2)c2ccccc12. The smallest absolute Gasteiger partial charge is 0.298 e.